The zero-order valence-electron chi connectivity index (χ0n) is 19.2. The van der Waals surface area contributed by atoms with E-state index < -0.39 is 8.18 Å². The van der Waals surface area contributed by atoms with Gasteiger partial charge in [-0.3, -0.25) is 4.57 Å². The van der Waals surface area contributed by atoms with Gasteiger partial charge in [0, 0.05) is 6.54 Å². The average molecular weight is 416 g/mol. The topological polar surface area (TPSA) is 38.3 Å². The van der Waals surface area contributed by atoms with Gasteiger partial charge in [0.2, 0.25) is 0 Å². The lowest BCUT2D eigenvalue weighted by molar-refractivity contribution is 0.309. The van der Waals surface area contributed by atoms with Crippen molar-refractivity contribution in [2.45, 2.75) is 129 Å². The van der Waals surface area contributed by atoms with Crippen molar-refractivity contribution in [1.29, 1.82) is 0 Å². The van der Waals surface area contributed by atoms with E-state index in [1.807, 2.05) is 0 Å². The fraction of sp³-hybridized carbons (Fsp3) is 0.917. The summed E-state index contributed by atoms with van der Waals surface area (Å²) in [4.78, 5) is 0. The van der Waals surface area contributed by atoms with E-state index in [4.69, 9.17) is 4.52 Å². The first-order chi connectivity index (χ1) is 13.7. The summed E-state index contributed by atoms with van der Waals surface area (Å²) in [7, 11) is -2.04. The standard InChI is InChI=1S/C24H50NO2P/c1-4-6-7-8-9-10-11-12-13-14-15-16-17-20-23-27-28(26)25-22-19-18-21-24(3)5-2/h28H,3-23H2,1-2H3,(H,25,26). The van der Waals surface area contributed by atoms with Crippen molar-refractivity contribution in [1.82, 2.24) is 5.09 Å². The molecule has 0 heterocycles. The van der Waals surface area contributed by atoms with E-state index in [1.165, 1.54) is 89.0 Å². The quantitative estimate of drug-likeness (QED) is 0.103. The van der Waals surface area contributed by atoms with Crippen LogP contribution in [0.25, 0.3) is 0 Å². The first-order valence-corrected chi connectivity index (χ1v) is 13.6. The van der Waals surface area contributed by atoms with Gasteiger partial charge in [-0.2, -0.15) is 0 Å². The highest BCUT2D eigenvalue weighted by Crippen LogP contribution is 2.18. The largest absolute Gasteiger partial charge is 0.320 e. The Bertz CT molecular complexity index is 361. The van der Waals surface area contributed by atoms with Crippen molar-refractivity contribution in [3.8, 4) is 0 Å². The normalized spacial score (nSPS) is 12.4. The Morgan fingerprint density at radius 2 is 1.25 bits per heavy atom. The minimum atomic E-state index is -2.04. The zero-order chi connectivity index (χ0) is 20.7. The highest BCUT2D eigenvalue weighted by Gasteiger charge is 1.99. The SMILES string of the molecule is C=C(CC)CCCCN[PH](=O)OCCCCCCCCCCCCCCCC. The molecule has 0 aliphatic heterocycles. The van der Waals surface area contributed by atoms with Gasteiger partial charge in [-0.05, 0) is 32.1 Å². The maximum Gasteiger partial charge on any atom is 0.258 e. The molecule has 168 valence electrons. The fourth-order valence-corrected chi connectivity index (χ4v) is 4.19. The molecule has 0 saturated carbocycles. The third kappa shape index (κ3) is 22.2. The van der Waals surface area contributed by atoms with Crippen LogP contribution in [0.15, 0.2) is 12.2 Å². The van der Waals surface area contributed by atoms with E-state index in [0.29, 0.717) is 6.61 Å². The van der Waals surface area contributed by atoms with Crippen LogP contribution in [0.1, 0.15) is 129 Å². The van der Waals surface area contributed by atoms with E-state index >= 15 is 0 Å². The second-order valence-corrected chi connectivity index (χ2v) is 9.44. The van der Waals surface area contributed by atoms with E-state index in [9.17, 15) is 4.57 Å². The summed E-state index contributed by atoms with van der Waals surface area (Å²) in [6, 6.07) is 0. The minimum absolute atomic E-state index is 0.634. The van der Waals surface area contributed by atoms with Crippen LogP contribution in [0.4, 0.5) is 0 Å². The molecule has 0 radical (unpaired) electrons. The fourth-order valence-electron chi connectivity index (χ4n) is 3.38. The summed E-state index contributed by atoms with van der Waals surface area (Å²) >= 11 is 0. The van der Waals surface area contributed by atoms with Crippen LogP contribution in [0, 0.1) is 0 Å². The first-order valence-electron chi connectivity index (χ1n) is 12.3. The van der Waals surface area contributed by atoms with E-state index in [1.54, 1.807) is 0 Å². The summed E-state index contributed by atoms with van der Waals surface area (Å²) in [5.74, 6) is 0. The van der Waals surface area contributed by atoms with E-state index in [0.717, 1.165) is 38.6 Å². The van der Waals surface area contributed by atoms with Crippen molar-refractivity contribution in [3.05, 3.63) is 12.2 Å². The second-order valence-electron chi connectivity index (χ2n) is 8.22. The maximum absolute atomic E-state index is 11.8. The second kappa shape index (κ2) is 23.2. The molecule has 0 spiro atoms. The first kappa shape index (κ1) is 27.9. The molecule has 0 fully saturated rings. The molecular weight excluding hydrogens is 365 g/mol. The zero-order valence-corrected chi connectivity index (χ0v) is 20.2. The monoisotopic (exact) mass is 415 g/mol. The molecule has 0 aromatic rings. The highest BCUT2D eigenvalue weighted by atomic mass is 31.1. The summed E-state index contributed by atoms with van der Waals surface area (Å²) < 4.78 is 17.2. The Hall–Kier alpha value is -0.110. The molecule has 0 bridgehead atoms. The number of allylic oxidation sites excluding steroid dienone is 1. The van der Waals surface area contributed by atoms with Gasteiger partial charge in [-0.1, -0.05) is 109 Å². The van der Waals surface area contributed by atoms with Gasteiger partial charge in [-0.15, -0.1) is 0 Å². The lowest BCUT2D eigenvalue weighted by Crippen LogP contribution is -2.07. The molecule has 4 heteroatoms. The molecule has 0 rings (SSSR count). The molecule has 0 aliphatic rings. The molecule has 0 saturated heterocycles. The van der Waals surface area contributed by atoms with Crippen molar-refractivity contribution < 1.29 is 9.09 Å². The predicted molar refractivity (Wildman–Crippen MR) is 127 cm³/mol. The van der Waals surface area contributed by atoms with E-state index in [2.05, 4.69) is 25.5 Å². The molecule has 0 amide bonds. The molecule has 0 aromatic carbocycles. The number of hydrogen-bond acceptors (Lipinski definition) is 2. The molecule has 1 atom stereocenters. The van der Waals surface area contributed by atoms with Gasteiger partial charge in [0.25, 0.3) is 8.18 Å². The summed E-state index contributed by atoms with van der Waals surface area (Å²) in [6.45, 7) is 9.85. The molecule has 0 aromatic heterocycles. The Balaban J connectivity index is 3.16. The lowest BCUT2D eigenvalue weighted by atomic mass is 10.0. The smallest absolute Gasteiger partial charge is 0.258 e. The van der Waals surface area contributed by atoms with Gasteiger partial charge < -0.3 is 4.52 Å². The van der Waals surface area contributed by atoms with Crippen LogP contribution in [0.2, 0.25) is 0 Å². The van der Waals surface area contributed by atoms with E-state index in [-0.39, 0.29) is 0 Å². The van der Waals surface area contributed by atoms with Crippen LogP contribution >= 0.6 is 8.18 Å². The molecule has 0 aliphatic carbocycles. The molecular formula is C24H50NO2P. The highest BCUT2D eigenvalue weighted by molar-refractivity contribution is 7.36. The summed E-state index contributed by atoms with van der Waals surface area (Å²) in [5, 5.41) is 3.02. The number of unbranched alkanes of at least 4 members (excludes halogenated alkanes) is 14. The van der Waals surface area contributed by atoms with Crippen LogP contribution in [-0.2, 0) is 9.09 Å². The Labute approximate surface area is 177 Å². The van der Waals surface area contributed by atoms with Crippen molar-refractivity contribution >= 4 is 8.18 Å². The van der Waals surface area contributed by atoms with Crippen molar-refractivity contribution in [2.75, 3.05) is 13.2 Å². The lowest BCUT2D eigenvalue weighted by Gasteiger charge is -2.07. The molecule has 1 N–H and O–H groups in total. The number of nitrogens with one attached hydrogen (secondary N) is 1. The van der Waals surface area contributed by atoms with Gasteiger partial charge in [-0.25, -0.2) is 5.09 Å². The molecule has 1 unspecified atom stereocenters. The number of rotatable bonds is 23. The predicted octanol–water partition coefficient (Wildman–Crippen LogP) is 8.60. The average Bonchev–Trinajstić information content (AvgIpc) is 2.70. The van der Waals surface area contributed by atoms with Gasteiger partial charge in [0.1, 0.15) is 0 Å². The minimum Gasteiger partial charge on any atom is -0.320 e. The van der Waals surface area contributed by atoms with Gasteiger partial charge >= 0.3 is 0 Å². The van der Waals surface area contributed by atoms with Gasteiger partial charge in [0.15, 0.2) is 0 Å². The van der Waals surface area contributed by atoms with Gasteiger partial charge in [0.05, 0.1) is 6.61 Å². The Morgan fingerprint density at radius 1 is 0.750 bits per heavy atom. The molecule has 3 nitrogen and oxygen atoms in total. The van der Waals surface area contributed by atoms with Crippen LogP contribution in [-0.4, -0.2) is 13.2 Å². The Kier molecular flexibility index (Phi) is 23.1. The van der Waals surface area contributed by atoms with Crippen molar-refractivity contribution in [2.24, 2.45) is 0 Å². The summed E-state index contributed by atoms with van der Waals surface area (Å²) in [5.41, 5.74) is 1.31. The van der Waals surface area contributed by atoms with Crippen LogP contribution in [0.5, 0.6) is 0 Å². The third-order valence-electron chi connectivity index (χ3n) is 5.46. The third-order valence-corrected chi connectivity index (χ3v) is 6.46. The molecule has 28 heavy (non-hydrogen) atoms. The Morgan fingerprint density at radius 3 is 1.75 bits per heavy atom. The number of hydrogen-bond donors (Lipinski definition) is 1. The van der Waals surface area contributed by atoms with Crippen molar-refractivity contribution in [3.63, 3.8) is 0 Å². The maximum atomic E-state index is 11.8. The summed E-state index contributed by atoms with van der Waals surface area (Å²) in [6.07, 6.45) is 23.3. The van der Waals surface area contributed by atoms with Crippen LogP contribution < -0.4 is 5.09 Å². The van der Waals surface area contributed by atoms with Crippen LogP contribution in [0.3, 0.4) is 0 Å².